The van der Waals surface area contributed by atoms with Gasteiger partial charge in [-0.1, -0.05) is 25.3 Å². The first-order valence-electron chi connectivity index (χ1n) is 9.03. The van der Waals surface area contributed by atoms with Crippen molar-refractivity contribution in [2.75, 3.05) is 12.4 Å². The SMILES string of the molecule is CN(C1CCCCC1)S(=O)(=O)c1ccc(C(=O)Nc2cccc(F)c2)cc1. The minimum absolute atomic E-state index is 0.0275. The van der Waals surface area contributed by atoms with Gasteiger partial charge in [-0.15, -0.1) is 0 Å². The van der Waals surface area contributed by atoms with E-state index in [0.717, 1.165) is 32.1 Å². The van der Waals surface area contributed by atoms with Crippen LogP contribution in [0.3, 0.4) is 0 Å². The molecule has 27 heavy (non-hydrogen) atoms. The summed E-state index contributed by atoms with van der Waals surface area (Å²) in [4.78, 5) is 12.4. The monoisotopic (exact) mass is 390 g/mol. The van der Waals surface area contributed by atoms with Gasteiger partial charge in [0.05, 0.1) is 4.90 Å². The molecule has 3 rings (SSSR count). The number of halogens is 1. The van der Waals surface area contributed by atoms with E-state index in [0.29, 0.717) is 11.3 Å². The predicted octanol–water partition coefficient (Wildman–Crippen LogP) is 4.03. The van der Waals surface area contributed by atoms with E-state index < -0.39 is 21.7 Å². The zero-order valence-electron chi connectivity index (χ0n) is 15.2. The first kappa shape index (κ1) is 19.5. The molecule has 1 amide bonds. The van der Waals surface area contributed by atoms with Gasteiger partial charge < -0.3 is 5.32 Å². The summed E-state index contributed by atoms with van der Waals surface area (Å²) < 4.78 is 40.3. The molecular weight excluding hydrogens is 367 g/mol. The Balaban J connectivity index is 1.73. The maximum atomic E-state index is 13.2. The van der Waals surface area contributed by atoms with Crippen molar-refractivity contribution in [2.24, 2.45) is 0 Å². The Kier molecular flexibility index (Phi) is 5.92. The minimum Gasteiger partial charge on any atom is -0.322 e. The maximum absolute atomic E-state index is 13.2. The molecule has 2 aromatic rings. The average molecular weight is 390 g/mol. The molecule has 1 fully saturated rings. The van der Waals surface area contributed by atoms with Crippen LogP contribution in [0.5, 0.6) is 0 Å². The van der Waals surface area contributed by atoms with Crippen molar-refractivity contribution in [1.29, 1.82) is 0 Å². The molecule has 1 aliphatic rings. The number of hydrogen-bond acceptors (Lipinski definition) is 3. The Morgan fingerprint density at radius 2 is 1.74 bits per heavy atom. The molecule has 0 radical (unpaired) electrons. The van der Waals surface area contributed by atoms with Gasteiger partial charge in [-0.2, -0.15) is 4.31 Å². The van der Waals surface area contributed by atoms with E-state index >= 15 is 0 Å². The zero-order chi connectivity index (χ0) is 19.4. The molecule has 144 valence electrons. The molecule has 0 saturated heterocycles. The van der Waals surface area contributed by atoms with E-state index in [1.165, 1.54) is 46.8 Å². The molecular formula is C20H23FN2O3S. The summed E-state index contributed by atoms with van der Waals surface area (Å²) in [5.41, 5.74) is 0.646. The molecule has 0 spiro atoms. The molecule has 1 saturated carbocycles. The fraction of sp³-hybridized carbons (Fsp3) is 0.350. The summed E-state index contributed by atoms with van der Waals surface area (Å²) in [6, 6.07) is 11.4. The Labute approximate surface area is 159 Å². The number of sulfonamides is 1. The van der Waals surface area contributed by atoms with Crippen molar-refractivity contribution in [2.45, 2.75) is 43.0 Å². The lowest BCUT2D eigenvalue weighted by Crippen LogP contribution is -2.38. The number of nitrogens with one attached hydrogen (secondary N) is 1. The van der Waals surface area contributed by atoms with Crippen molar-refractivity contribution in [3.63, 3.8) is 0 Å². The number of carbonyl (C=O) groups is 1. The van der Waals surface area contributed by atoms with Gasteiger partial charge in [0.2, 0.25) is 10.0 Å². The van der Waals surface area contributed by atoms with Gasteiger partial charge >= 0.3 is 0 Å². The summed E-state index contributed by atoms with van der Waals surface area (Å²) in [5, 5.41) is 2.59. The van der Waals surface area contributed by atoms with Gasteiger partial charge in [0.15, 0.2) is 0 Å². The molecule has 7 heteroatoms. The Hall–Kier alpha value is -2.25. The Morgan fingerprint density at radius 1 is 1.07 bits per heavy atom. The third-order valence-electron chi connectivity index (χ3n) is 4.96. The smallest absolute Gasteiger partial charge is 0.255 e. The number of carbonyl (C=O) groups excluding carboxylic acids is 1. The number of anilines is 1. The van der Waals surface area contributed by atoms with Crippen LogP contribution in [0, 0.1) is 5.82 Å². The number of benzene rings is 2. The normalized spacial score (nSPS) is 15.7. The van der Waals surface area contributed by atoms with Crippen LogP contribution in [0.15, 0.2) is 53.4 Å². The molecule has 0 heterocycles. The van der Waals surface area contributed by atoms with Gasteiger partial charge in [-0.05, 0) is 55.3 Å². The number of amides is 1. The van der Waals surface area contributed by atoms with Crippen molar-refractivity contribution in [3.8, 4) is 0 Å². The fourth-order valence-electron chi connectivity index (χ4n) is 3.35. The second-order valence-corrected chi connectivity index (χ2v) is 8.80. The van der Waals surface area contributed by atoms with Crippen molar-refractivity contribution in [1.82, 2.24) is 4.31 Å². The van der Waals surface area contributed by atoms with E-state index in [1.807, 2.05) is 0 Å². The first-order valence-corrected chi connectivity index (χ1v) is 10.5. The van der Waals surface area contributed by atoms with Crippen molar-refractivity contribution < 1.29 is 17.6 Å². The molecule has 0 aromatic heterocycles. The van der Waals surface area contributed by atoms with Crippen LogP contribution >= 0.6 is 0 Å². The largest absolute Gasteiger partial charge is 0.322 e. The van der Waals surface area contributed by atoms with Crippen LogP contribution < -0.4 is 5.32 Å². The molecule has 0 atom stereocenters. The topological polar surface area (TPSA) is 66.5 Å². The van der Waals surface area contributed by atoms with Crippen molar-refractivity contribution >= 4 is 21.6 Å². The van der Waals surface area contributed by atoms with Crippen LogP contribution in [0.1, 0.15) is 42.5 Å². The van der Waals surface area contributed by atoms with Crippen LogP contribution in [0.2, 0.25) is 0 Å². The molecule has 1 N–H and O–H groups in total. The highest BCUT2D eigenvalue weighted by Crippen LogP contribution is 2.26. The van der Waals surface area contributed by atoms with E-state index in [2.05, 4.69) is 5.32 Å². The number of rotatable bonds is 5. The quantitative estimate of drug-likeness (QED) is 0.838. The fourth-order valence-corrected chi connectivity index (χ4v) is 4.77. The Bertz CT molecular complexity index is 907. The van der Waals surface area contributed by atoms with Gasteiger partial charge in [0.25, 0.3) is 5.91 Å². The lowest BCUT2D eigenvalue weighted by molar-refractivity contribution is 0.102. The minimum atomic E-state index is -3.59. The summed E-state index contributed by atoms with van der Waals surface area (Å²) in [6.45, 7) is 0. The third-order valence-corrected chi connectivity index (χ3v) is 6.89. The second kappa shape index (κ2) is 8.19. The summed E-state index contributed by atoms with van der Waals surface area (Å²) in [5.74, 6) is -0.870. The maximum Gasteiger partial charge on any atom is 0.255 e. The molecule has 5 nitrogen and oxygen atoms in total. The van der Waals surface area contributed by atoms with Gasteiger partial charge in [0.1, 0.15) is 5.82 Å². The Morgan fingerprint density at radius 3 is 2.37 bits per heavy atom. The average Bonchev–Trinajstić information content (AvgIpc) is 2.68. The summed E-state index contributed by atoms with van der Waals surface area (Å²) in [6.07, 6.45) is 5.00. The lowest BCUT2D eigenvalue weighted by Gasteiger charge is -2.30. The van der Waals surface area contributed by atoms with Crippen LogP contribution in [0.4, 0.5) is 10.1 Å². The van der Waals surface area contributed by atoms with Crippen LogP contribution in [-0.2, 0) is 10.0 Å². The zero-order valence-corrected chi connectivity index (χ0v) is 16.0. The van der Waals surface area contributed by atoms with Crippen LogP contribution in [-0.4, -0.2) is 31.7 Å². The summed E-state index contributed by atoms with van der Waals surface area (Å²) >= 11 is 0. The van der Waals surface area contributed by atoms with Gasteiger partial charge in [-0.3, -0.25) is 4.79 Å². The molecule has 1 aliphatic carbocycles. The molecule has 0 bridgehead atoms. The predicted molar refractivity (Wildman–Crippen MR) is 103 cm³/mol. The third kappa shape index (κ3) is 4.54. The summed E-state index contributed by atoms with van der Waals surface area (Å²) in [7, 11) is -1.97. The lowest BCUT2D eigenvalue weighted by atomic mass is 9.96. The first-order chi connectivity index (χ1) is 12.9. The van der Waals surface area contributed by atoms with Gasteiger partial charge in [-0.25, -0.2) is 12.8 Å². The molecule has 2 aromatic carbocycles. The van der Waals surface area contributed by atoms with E-state index in [1.54, 1.807) is 13.1 Å². The number of hydrogen-bond donors (Lipinski definition) is 1. The van der Waals surface area contributed by atoms with Gasteiger partial charge in [0, 0.05) is 24.3 Å². The van der Waals surface area contributed by atoms with Crippen LogP contribution in [0.25, 0.3) is 0 Å². The highest BCUT2D eigenvalue weighted by molar-refractivity contribution is 7.89. The number of nitrogens with zero attached hydrogens (tertiary/aromatic N) is 1. The van der Waals surface area contributed by atoms with E-state index in [9.17, 15) is 17.6 Å². The second-order valence-electron chi connectivity index (χ2n) is 6.80. The molecule has 0 aliphatic heterocycles. The highest BCUT2D eigenvalue weighted by atomic mass is 32.2. The standard InChI is InChI=1S/C20H23FN2O3S/c1-23(18-8-3-2-4-9-18)27(25,26)19-12-10-15(11-13-19)20(24)22-17-7-5-6-16(21)14-17/h5-7,10-14,18H,2-4,8-9H2,1H3,(H,22,24). The van der Waals surface area contributed by atoms with E-state index in [-0.39, 0.29) is 10.9 Å². The highest BCUT2D eigenvalue weighted by Gasteiger charge is 2.29. The van der Waals surface area contributed by atoms with E-state index in [4.69, 9.17) is 0 Å². The van der Waals surface area contributed by atoms with Crippen molar-refractivity contribution in [3.05, 3.63) is 59.9 Å². The molecule has 0 unspecified atom stereocenters.